The molecule has 3 rings (SSSR count). The van der Waals surface area contributed by atoms with E-state index in [9.17, 15) is 13.2 Å². The molecule has 20 heavy (non-hydrogen) atoms. The molecule has 1 aliphatic heterocycles. The first-order valence-electron chi connectivity index (χ1n) is 7.07. The average Bonchev–Trinajstić information content (AvgIpc) is 3.16. The van der Waals surface area contributed by atoms with E-state index in [-0.39, 0.29) is 0 Å². The third-order valence-corrected chi connectivity index (χ3v) is 5.32. The van der Waals surface area contributed by atoms with Crippen molar-refractivity contribution in [1.29, 1.82) is 0 Å². The zero-order valence-electron chi connectivity index (χ0n) is 11.3. The number of amides is 1. The number of nitrogens with zero attached hydrogens (tertiary/aromatic N) is 2. The Balaban J connectivity index is 1.72. The summed E-state index contributed by atoms with van der Waals surface area (Å²) < 4.78 is 29.8. The summed E-state index contributed by atoms with van der Waals surface area (Å²) in [5.41, 5.74) is 0.424. The lowest BCUT2D eigenvalue weighted by Crippen LogP contribution is -2.46. The highest BCUT2D eigenvalue weighted by molar-refractivity contribution is 7.87. The maximum absolute atomic E-state index is 12.2. The van der Waals surface area contributed by atoms with E-state index in [0.717, 1.165) is 32.1 Å². The van der Waals surface area contributed by atoms with Crippen LogP contribution in [0, 0.1) is 0 Å². The van der Waals surface area contributed by atoms with Gasteiger partial charge in [0.2, 0.25) is 0 Å². The second-order valence-corrected chi connectivity index (χ2v) is 7.10. The van der Waals surface area contributed by atoms with Crippen LogP contribution in [0.5, 0.6) is 0 Å². The molecule has 2 fully saturated rings. The van der Waals surface area contributed by atoms with Gasteiger partial charge in [0, 0.05) is 25.3 Å². The van der Waals surface area contributed by atoms with Crippen LogP contribution in [0.3, 0.4) is 0 Å². The van der Waals surface area contributed by atoms with E-state index in [0.29, 0.717) is 24.8 Å². The molecule has 7 heteroatoms. The number of nitrogens with one attached hydrogen (secondary N) is 1. The normalized spacial score (nSPS) is 20.8. The zero-order valence-corrected chi connectivity index (χ0v) is 12.1. The van der Waals surface area contributed by atoms with Crippen molar-refractivity contribution in [2.24, 2.45) is 0 Å². The van der Waals surface area contributed by atoms with Gasteiger partial charge in [-0.2, -0.15) is 12.7 Å². The summed E-state index contributed by atoms with van der Waals surface area (Å²) in [5, 5.41) is 0. The maximum atomic E-state index is 12.2. The maximum Gasteiger partial charge on any atom is 0.304 e. The predicted molar refractivity (Wildman–Crippen MR) is 74.5 cm³/mol. The third-order valence-electron chi connectivity index (χ3n) is 3.83. The number of carbonyl (C=O) groups is 1. The molecule has 1 amide bonds. The predicted octanol–water partition coefficient (Wildman–Crippen LogP) is 1.28. The topological polar surface area (TPSA) is 71.4 Å². The fourth-order valence-corrected chi connectivity index (χ4v) is 3.80. The van der Waals surface area contributed by atoms with Gasteiger partial charge in [-0.25, -0.2) is 4.72 Å². The summed E-state index contributed by atoms with van der Waals surface area (Å²) in [6.07, 6.45) is 6.69. The molecule has 0 bridgehead atoms. The van der Waals surface area contributed by atoms with Crippen molar-refractivity contribution < 1.29 is 13.2 Å². The second kappa shape index (κ2) is 5.21. The van der Waals surface area contributed by atoms with Crippen LogP contribution in [0.15, 0.2) is 18.3 Å². The molecule has 0 aromatic carbocycles. The molecule has 110 valence electrons. The van der Waals surface area contributed by atoms with Crippen molar-refractivity contribution in [2.75, 3.05) is 13.1 Å². The molecule has 0 radical (unpaired) electrons. The van der Waals surface area contributed by atoms with Gasteiger partial charge in [0.1, 0.15) is 5.69 Å². The van der Waals surface area contributed by atoms with E-state index in [4.69, 9.17) is 0 Å². The Morgan fingerprint density at radius 1 is 1.20 bits per heavy atom. The van der Waals surface area contributed by atoms with E-state index in [2.05, 4.69) is 4.72 Å². The number of carbonyl (C=O) groups excluding carboxylic acids is 1. The highest BCUT2D eigenvalue weighted by Gasteiger charge is 2.30. The Morgan fingerprint density at radius 2 is 1.90 bits per heavy atom. The molecule has 0 atom stereocenters. The van der Waals surface area contributed by atoms with Gasteiger partial charge >= 0.3 is 10.2 Å². The minimum atomic E-state index is -3.71. The van der Waals surface area contributed by atoms with Crippen LogP contribution in [-0.4, -0.2) is 36.3 Å². The van der Waals surface area contributed by atoms with Crippen LogP contribution < -0.4 is 4.72 Å². The molecule has 1 aromatic heterocycles. The molecule has 2 aliphatic rings. The van der Waals surface area contributed by atoms with Gasteiger partial charge in [-0.05, 0) is 37.8 Å². The lowest BCUT2D eigenvalue weighted by Gasteiger charge is -2.25. The van der Waals surface area contributed by atoms with Crippen molar-refractivity contribution >= 4 is 16.1 Å². The fraction of sp³-hybridized carbons (Fsp3) is 0.615. The summed E-state index contributed by atoms with van der Waals surface area (Å²) >= 11 is 0. The Labute approximate surface area is 118 Å². The number of piperidine rings is 1. The molecule has 1 saturated carbocycles. The fourth-order valence-electron chi connectivity index (χ4n) is 2.60. The van der Waals surface area contributed by atoms with E-state index < -0.39 is 16.1 Å². The van der Waals surface area contributed by atoms with Crippen LogP contribution in [0.4, 0.5) is 0 Å². The van der Waals surface area contributed by atoms with Gasteiger partial charge in [0.15, 0.2) is 0 Å². The van der Waals surface area contributed by atoms with Gasteiger partial charge in [0.05, 0.1) is 0 Å². The number of aromatic nitrogens is 1. The van der Waals surface area contributed by atoms with Crippen LogP contribution in [-0.2, 0) is 10.2 Å². The Kier molecular flexibility index (Phi) is 3.55. The SMILES string of the molecule is O=C(NS(=O)(=O)N1CCCCC1)c1cccn1C1CC1. The molecule has 1 aromatic rings. The number of hydrogen-bond donors (Lipinski definition) is 1. The van der Waals surface area contributed by atoms with E-state index in [1.165, 1.54) is 4.31 Å². The van der Waals surface area contributed by atoms with Crippen LogP contribution in [0.2, 0.25) is 0 Å². The molecule has 1 aliphatic carbocycles. The molecule has 0 spiro atoms. The molecular weight excluding hydrogens is 278 g/mol. The molecule has 6 nitrogen and oxygen atoms in total. The quantitative estimate of drug-likeness (QED) is 0.910. The Hall–Kier alpha value is -1.34. The highest BCUT2D eigenvalue weighted by Crippen LogP contribution is 2.36. The van der Waals surface area contributed by atoms with Crippen LogP contribution in [0.25, 0.3) is 0 Å². The van der Waals surface area contributed by atoms with E-state index in [1.54, 1.807) is 12.1 Å². The van der Waals surface area contributed by atoms with Crippen LogP contribution >= 0.6 is 0 Å². The first-order chi connectivity index (χ1) is 9.58. The molecule has 1 saturated heterocycles. The second-order valence-electron chi connectivity index (χ2n) is 5.43. The monoisotopic (exact) mass is 297 g/mol. The zero-order chi connectivity index (χ0) is 14.2. The van der Waals surface area contributed by atoms with Crippen molar-refractivity contribution in [2.45, 2.75) is 38.1 Å². The van der Waals surface area contributed by atoms with Gasteiger partial charge in [0.25, 0.3) is 5.91 Å². The van der Waals surface area contributed by atoms with Gasteiger partial charge in [-0.15, -0.1) is 0 Å². The van der Waals surface area contributed by atoms with Crippen molar-refractivity contribution in [3.05, 3.63) is 24.0 Å². The minimum Gasteiger partial charge on any atom is -0.340 e. The Bertz CT molecular complexity index is 598. The van der Waals surface area contributed by atoms with Crippen molar-refractivity contribution in [1.82, 2.24) is 13.6 Å². The van der Waals surface area contributed by atoms with E-state index in [1.807, 2.05) is 10.8 Å². The lowest BCUT2D eigenvalue weighted by molar-refractivity contribution is 0.0969. The minimum absolute atomic E-state index is 0.350. The van der Waals surface area contributed by atoms with Crippen molar-refractivity contribution in [3.8, 4) is 0 Å². The van der Waals surface area contributed by atoms with Gasteiger partial charge in [-0.3, -0.25) is 4.79 Å². The smallest absolute Gasteiger partial charge is 0.304 e. The summed E-state index contributed by atoms with van der Waals surface area (Å²) in [6, 6.07) is 3.79. The number of rotatable bonds is 4. The molecule has 1 N–H and O–H groups in total. The standard InChI is InChI=1S/C13H19N3O3S/c17-13(12-5-4-10-16(12)11-6-7-11)14-20(18,19)15-8-2-1-3-9-15/h4-5,10-11H,1-3,6-9H2,(H,14,17). The Morgan fingerprint density at radius 3 is 2.55 bits per heavy atom. The van der Waals surface area contributed by atoms with Crippen LogP contribution in [0.1, 0.15) is 48.6 Å². The summed E-state index contributed by atoms with van der Waals surface area (Å²) in [5.74, 6) is -0.535. The van der Waals surface area contributed by atoms with E-state index >= 15 is 0 Å². The van der Waals surface area contributed by atoms with Gasteiger partial charge < -0.3 is 4.57 Å². The molecule has 2 heterocycles. The van der Waals surface area contributed by atoms with Gasteiger partial charge in [-0.1, -0.05) is 6.42 Å². The molecule has 0 unspecified atom stereocenters. The summed E-state index contributed by atoms with van der Waals surface area (Å²) in [7, 11) is -3.71. The third kappa shape index (κ3) is 2.73. The first kappa shape index (κ1) is 13.6. The first-order valence-corrected chi connectivity index (χ1v) is 8.51. The number of hydrogen-bond acceptors (Lipinski definition) is 3. The highest BCUT2D eigenvalue weighted by atomic mass is 32.2. The summed E-state index contributed by atoms with van der Waals surface area (Å²) in [4.78, 5) is 12.2. The largest absolute Gasteiger partial charge is 0.340 e. The van der Waals surface area contributed by atoms with Crippen molar-refractivity contribution in [3.63, 3.8) is 0 Å². The summed E-state index contributed by atoms with van der Waals surface area (Å²) in [6.45, 7) is 0.985. The molecular formula is C13H19N3O3S. The average molecular weight is 297 g/mol. The lowest BCUT2D eigenvalue weighted by atomic mass is 10.2.